The Morgan fingerprint density at radius 3 is 2.65 bits per heavy atom. The van der Waals surface area contributed by atoms with E-state index in [0.29, 0.717) is 6.42 Å². The van der Waals surface area contributed by atoms with Crippen LogP contribution in [0.1, 0.15) is 36.7 Å². The van der Waals surface area contributed by atoms with Gasteiger partial charge < -0.3 is 5.32 Å². The molecule has 4 nitrogen and oxygen atoms in total. The van der Waals surface area contributed by atoms with Crippen LogP contribution in [-0.4, -0.2) is 15.7 Å². The van der Waals surface area contributed by atoms with Crippen molar-refractivity contribution in [1.82, 2.24) is 15.1 Å². The van der Waals surface area contributed by atoms with E-state index in [0.717, 1.165) is 23.4 Å². The summed E-state index contributed by atoms with van der Waals surface area (Å²) in [5.74, 6) is 0.0346. The first-order valence-electron chi connectivity index (χ1n) is 6.97. The summed E-state index contributed by atoms with van der Waals surface area (Å²) < 4.78 is 1.89. The fourth-order valence-electron chi connectivity index (χ4n) is 2.27. The normalized spacial score (nSPS) is 12.2. The second-order valence-electron chi connectivity index (χ2n) is 4.98. The fourth-order valence-corrected chi connectivity index (χ4v) is 2.27. The van der Waals surface area contributed by atoms with E-state index in [9.17, 15) is 4.79 Å². The molecule has 1 unspecified atom stereocenters. The zero-order valence-electron chi connectivity index (χ0n) is 12.3. The van der Waals surface area contributed by atoms with Gasteiger partial charge in [0.2, 0.25) is 5.91 Å². The van der Waals surface area contributed by atoms with Crippen LogP contribution in [-0.2, 0) is 17.8 Å². The lowest BCUT2D eigenvalue weighted by Crippen LogP contribution is -2.28. The smallest absolute Gasteiger partial charge is 0.224 e. The number of aryl methyl sites for hydroxylation is 2. The highest BCUT2D eigenvalue weighted by Gasteiger charge is 2.14. The monoisotopic (exact) mass is 271 g/mol. The number of nitrogens with one attached hydrogen (secondary N) is 1. The van der Waals surface area contributed by atoms with Gasteiger partial charge in [-0.05, 0) is 26.3 Å². The summed E-state index contributed by atoms with van der Waals surface area (Å²) in [5, 5.41) is 7.44. The van der Waals surface area contributed by atoms with E-state index < -0.39 is 0 Å². The molecule has 0 saturated heterocycles. The molecular weight excluding hydrogens is 250 g/mol. The second-order valence-corrected chi connectivity index (χ2v) is 4.98. The van der Waals surface area contributed by atoms with E-state index in [1.165, 1.54) is 0 Å². The van der Waals surface area contributed by atoms with Crippen LogP contribution in [0.25, 0.3) is 0 Å². The van der Waals surface area contributed by atoms with Crippen LogP contribution in [0.5, 0.6) is 0 Å². The third kappa shape index (κ3) is 3.47. The number of hydrogen-bond acceptors (Lipinski definition) is 2. The van der Waals surface area contributed by atoms with Crippen LogP contribution in [0, 0.1) is 6.92 Å². The van der Waals surface area contributed by atoms with Crippen molar-refractivity contribution in [3.63, 3.8) is 0 Å². The highest BCUT2D eigenvalue weighted by atomic mass is 16.1. The van der Waals surface area contributed by atoms with Crippen LogP contribution >= 0.6 is 0 Å². The van der Waals surface area contributed by atoms with Gasteiger partial charge in [-0.25, -0.2) is 0 Å². The number of rotatable bonds is 5. The van der Waals surface area contributed by atoms with Gasteiger partial charge in [-0.15, -0.1) is 0 Å². The van der Waals surface area contributed by atoms with Crippen molar-refractivity contribution in [1.29, 1.82) is 0 Å². The SMILES string of the molecule is CCn1cc(C(C)NC(=O)Cc2ccccc2)c(C)n1. The minimum atomic E-state index is -0.0217. The molecule has 1 amide bonds. The number of aromatic nitrogens is 2. The van der Waals surface area contributed by atoms with Crippen LogP contribution < -0.4 is 5.32 Å². The summed E-state index contributed by atoms with van der Waals surface area (Å²) in [4.78, 5) is 12.0. The molecule has 1 aromatic heterocycles. The first kappa shape index (κ1) is 14.3. The topological polar surface area (TPSA) is 46.9 Å². The minimum Gasteiger partial charge on any atom is -0.349 e. The van der Waals surface area contributed by atoms with Crippen molar-refractivity contribution in [3.05, 3.63) is 53.3 Å². The van der Waals surface area contributed by atoms with Gasteiger partial charge in [0.05, 0.1) is 18.2 Å². The number of hydrogen-bond donors (Lipinski definition) is 1. The van der Waals surface area contributed by atoms with Gasteiger partial charge in [0.25, 0.3) is 0 Å². The first-order chi connectivity index (χ1) is 9.60. The number of carbonyl (C=O) groups is 1. The van der Waals surface area contributed by atoms with Gasteiger partial charge >= 0.3 is 0 Å². The van der Waals surface area contributed by atoms with Gasteiger partial charge in [-0.3, -0.25) is 9.48 Å². The molecule has 0 bridgehead atoms. The molecule has 1 atom stereocenters. The van der Waals surface area contributed by atoms with E-state index in [2.05, 4.69) is 17.3 Å². The Hall–Kier alpha value is -2.10. The highest BCUT2D eigenvalue weighted by Crippen LogP contribution is 2.16. The number of benzene rings is 1. The predicted octanol–water partition coefficient (Wildman–Crippen LogP) is 2.63. The van der Waals surface area contributed by atoms with E-state index >= 15 is 0 Å². The predicted molar refractivity (Wildman–Crippen MR) is 79.3 cm³/mol. The second kappa shape index (κ2) is 6.37. The molecule has 20 heavy (non-hydrogen) atoms. The summed E-state index contributed by atoms with van der Waals surface area (Å²) >= 11 is 0. The lowest BCUT2D eigenvalue weighted by molar-refractivity contribution is -0.121. The molecule has 1 aromatic carbocycles. The third-order valence-electron chi connectivity index (χ3n) is 3.36. The largest absolute Gasteiger partial charge is 0.349 e. The Labute approximate surface area is 119 Å². The van der Waals surface area contributed by atoms with Crippen molar-refractivity contribution in [2.45, 2.75) is 39.8 Å². The molecule has 2 aromatic rings. The Morgan fingerprint density at radius 1 is 1.35 bits per heavy atom. The van der Waals surface area contributed by atoms with Gasteiger partial charge in [-0.2, -0.15) is 5.10 Å². The molecule has 0 aliphatic carbocycles. The summed E-state index contributed by atoms with van der Waals surface area (Å²) in [7, 11) is 0. The average molecular weight is 271 g/mol. The van der Waals surface area contributed by atoms with Gasteiger partial charge in [0.1, 0.15) is 0 Å². The maximum atomic E-state index is 12.0. The Bertz CT molecular complexity index is 575. The summed E-state index contributed by atoms with van der Waals surface area (Å²) in [6.45, 7) is 6.86. The summed E-state index contributed by atoms with van der Waals surface area (Å²) in [6.07, 6.45) is 2.41. The fraction of sp³-hybridized carbons (Fsp3) is 0.375. The van der Waals surface area contributed by atoms with E-state index in [1.807, 2.05) is 55.1 Å². The molecule has 1 N–H and O–H groups in total. The van der Waals surface area contributed by atoms with Crippen molar-refractivity contribution in [2.75, 3.05) is 0 Å². The standard InChI is InChI=1S/C16H21N3O/c1-4-19-11-15(13(3)18-19)12(2)17-16(20)10-14-8-6-5-7-9-14/h5-9,11-12H,4,10H2,1-3H3,(H,17,20). The average Bonchev–Trinajstić information content (AvgIpc) is 2.81. The maximum Gasteiger partial charge on any atom is 0.224 e. The summed E-state index contributed by atoms with van der Waals surface area (Å²) in [6, 6.07) is 9.75. The molecule has 0 aliphatic heterocycles. The molecule has 2 rings (SSSR count). The first-order valence-corrected chi connectivity index (χ1v) is 6.97. The van der Waals surface area contributed by atoms with E-state index in [-0.39, 0.29) is 11.9 Å². The Morgan fingerprint density at radius 2 is 2.05 bits per heavy atom. The minimum absolute atomic E-state index is 0.0217. The quantitative estimate of drug-likeness (QED) is 0.908. The summed E-state index contributed by atoms with van der Waals surface area (Å²) in [5.41, 5.74) is 3.07. The lowest BCUT2D eigenvalue weighted by atomic mass is 10.1. The Balaban J connectivity index is 1.98. The zero-order valence-corrected chi connectivity index (χ0v) is 12.3. The molecule has 106 valence electrons. The molecule has 0 spiro atoms. The van der Waals surface area contributed by atoms with Crippen LogP contribution in [0.4, 0.5) is 0 Å². The molecule has 0 saturated carbocycles. The van der Waals surface area contributed by atoms with Crippen LogP contribution in [0.2, 0.25) is 0 Å². The number of carbonyl (C=O) groups excluding carboxylic acids is 1. The molecule has 0 radical (unpaired) electrons. The molecule has 0 fully saturated rings. The van der Waals surface area contributed by atoms with E-state index in [4.69, 9.17) is 0 Å². The highest BCUT2D eigenvalue weighted by molar-refractivity contribution is 5.79. The number of nitrogens with zero attached hydrogens (tertiary/aromatic N) is 2. The van der Waals surface area contributed by atoms with Gasteiger partial charge in [0.15, 0.2) is 0 Å². The van der Waals surface area contributed by atoms with Gasteiger partial charge in [0, 0.05) is 18.3 Å². The van der Waals surface area contributed by atoms with Gasteiger partial charge in [-0.1, -0.05) is 30.3 Å². The molecule has 1 heterocycles. The number of amides is 1. The molecule has 4 heteroatoms. The van der Waals surface area contributed by atoms with Crippen molar-refractivity contribution >= 4 is 5.91 Å². The van der Waals surface area contributed by atoms with Crippen molar-refractivity contribution in [3.8, 4) is 0 Å². The Kier molecular flexibility index (Phi) is 4.56. The lowest BCUT2D eigenvalue weighted by Gasteiger charge is -2.13. The van der Waals surface area contributed by atoms with Crippen molar-refractivity contribution < 1.29 is 4.79 Å². The van der Waals surface area contributed by atoms with E-state index in [1.54, 1.807) is 0 Å². The maximum absolute atomic E-state index is 12.0. The molecule has 0 aliphatic rings. The third-order valence-corrected chi connectivity index (χ3v) is 3.36. The van der Waals surface area contributed by atoms with Crippen molar-refractivity contribution in [2.24, 2.45) is 0 Å². The van der Waals surface area contributed by atoms with Crippen LogP contribution in [0.3, 0.4) is 0 Å². The molecular formula is C16H21N3O. The van der Waals surface area contributed by atoms with Crippen LogP contribution in [0.15, 0.2) is 36.5 Å². The zero-order chi connectivity index (χ0) is 14.5.